The number of ether oxygens (including phenoxy) is 1. The first-order valence-electron chi connectivity index (χ1n) is 19.5. The lowest BCUT2D eigenvalue weighted by Gasteiger charge is -2.46. The van der Waals surface area contributed by atoms with Crippen LogP contribution >= 0.6 is 11.3 Å². The quantitative estimate of drug-likeness (QED) is 0.119. The second-order valence-corrected chi connectivity index (χ2v) is 17.2. The Balaban J connectivity index is 1.30. The van der Waals surface area contributed by atoms with Crippen LogP contribution in [-0.2, 0) is 25.5 Å². The molecular formula is C39H59N7O7S. The van der Waals surface area contributed by atoms with Crippen molar-refractivity contribution in [1.29, 1.82) is 0 Å². The minimum Gasteiger partial charge on any atom is -0.481 e. The maximum Gasteiger partial charge on any atom is 0.306 e. The molecule has 298 valence electrons. The van der Waals surface area contributed by atoms with E-state index in [4.69, 9.17) is 4.74 Å². The summed E-state index contributed by atoms with van der Waals surface area (Å²) in [5.41, 5.74) is 1.00. The summed E-state index contributed by atoms with van der Waals surface area (Å²) in [5, 5.41) is 29.9. The molecule has 0 spiro atoms. The number of carboxylic acid groups (broad SMARTS) is 1. The molecule has 2 aromatic rings. The first kappa shape index (κ1) is 41.6. The number of carbonyl (C=O) groups is 4. The van der Waals surface area contributed by atoms with E-state index in [1.165, 1.54) is 18.3 Å². The number of amides is 2. The minimum absolute atomic E-state index is 0.0112. The van der Waals surface area contributed by atoms with Gasteiger partial charge in [-0.3, -0.25) is 29.0 Å². The lowest BCUT2D eigenvalue weighted by Crippen LogP contribution is -2.62. The van der Waals surface area contributed by atoms with Crippen molar-refractivity contribution in [3.05, 3.63) is 39.9 Å². The number of aliphatic hydroxyl groups excluding tert-OH is 1. The van der Waals surface area contributed by atoms with Crippen LogP contribution in [0.4, 0.5) is 0 Å². The van der Waals surface area contributed by atoms with Crippen LogP contribution in [0.15, 0.2) is 17.8 Å². The van der Waals surface area contributed by atoms with Crippen LogP contribution in [0.3, 0.4) is 0 Å². The van der Waals surface area contributed by atoms with E-state index in [1.807, 2.05) is 32.7 Å². The summed E-state index contributed by atoms with van der Waals surface area (Å²) in [7, 11) is 1.85. The van der Waals surface area contributed by atoms with E-state index in [1.54, 1.807) is 24.7 Å². The average Bonchev–Trinajstić information content (AvgIpc) is 3.87. The largest absolute Gasteiger partial charge is 0.481 e. The van der Waals surface area contributed by atoms with Gasteiger partial charge in [-0.15, -0.1) is 11.3 Å². The summed E-state index contributed by atoms with van der Waals surface area (Å²) in [4.78, 5) is 68.9. The highest BCUT2D eigenvalue weighted by Crippen LogP contribution is 2.40. The number of aromatic nitrogens is 3. The number of hydrogen-bond donors (Lipinski definition) is 4. The first-order chi connectivity index (χ1) is 25.6. The second kappa shape index (κ2) is 18.4. The summed E-state index contributed by atoms with van der Waals surface area (Å²) < 4.78 is 5.83. The highest BCUT2D eigenvalue weighted by Gasteiger charge is 2.44. The summed E-state index contributed by atoms with van der Waals surface area (Å²) in [6.07, 6.45) is 7.52. The van der Waals surface area contributed by atoms with E-state index in [0.717, 1.165) is 50.8 Å². The lowest BCUT2D eigenvalue weighted by molar-refractivity contribution is -0.149. The highest BCUT2D eigenvalue weighted by molar-refractivity contribution is 7.09. The van der Waals surface area contributed by atoms with Gasteiger partial charge in [-0.25, -0.2) is 15.0 Å². The molecule has 14 nitrogen and oxygen atoms in total. The van der Waals surface area contributed by atoms with Gasteiger partial charge in [-0.1, -0.05) is 27.7 Å². The molecule has 1 unspecified atom stereocenters. The van der Waals surface area contributed by atoms with E-state index in [0.29, 0.717) is 29.1 Å². The molecule has 5 heterocycles. The van der Waals surface area contributed by atoms with Crippen LogP contribution in [0.2, 0.25) is 0 Å². The van der Waals surface area contributed by atoms with Crippen molar-refractivity contribution < 1.29 is 34.1 Å². The molecule has 0 aromatic carbocycles. The fourth-order valence-corrected chi connectivity index (χ4v) is 8.97. The Hall–Kier alpha value is -3.53. The number of nitrogens with zero attached hydrogens (tertiary/aromatic N) is 5. The zero-order valence-corrected chi connectivity index (χ0v) is 33.6. The van der Waals surface area contributed by atoms with Crippen molar-refractivity contribution in [3.8, 4) is 0 Å². The minimum atomic E-state index is -0.994. The molecule has 2 amide bonds. The predicted octanol–water partition coefficient (Wildman–Crippen LogP) is 3.98. The Kier molecular flexibility index (Phi) is 14.2. The molecule has 2 aromatic heterocycles. The molecule has 2 bridgehead atoms. The van der Waals surface area contributed by atoms with Crippen LogP contribution in [0.1, 0.15) is 113 Å². The Morgan fingerprint density at radius 1 is 1.04 bits per heavy atom. The second-order valence-electron chi connectivity index (χ2n) is 16.3. The third kappa shape index (κ3) is 10.8. The fourth-order valence-electron chi connectivity index (χ4n) is 8.13. The van der Waals surface area contributed by atoms with Gasteiger partial charge < -0.3 is 25.6 Å². The van der Waals surface area contributed by atoms with Gasteiger partial charge in [-0.05, 0) is 94.8 Å². The smallest absolute Gasteiger partial charge is 0.306 e. The topological polar surface area (TPSA) is 187 Å². The van der Waals surface area contributed by atoms with Gasteiger partial charge in [0.2, 0.25) is 5.91 Å². The lowest BCUT2D eigenvalue weighted by atomic mass is 9.82. The van der Waals surface area contributed by atoms with E-state index in [2.05, 4.69) is 37.4 Å². The highest BCUT2D eigenvalue weighted by atomic mass is 32.1. The van der Waals surface area contributed by atoms with Gasteiger partial charge in [0.25, 0.3) is 5.91 Å². The molecule has 4 fully saturated rings. The number of thiazole rings is 1. The number of esters is 1. The molecule has 3 aliphatic heterocycles. The van der Waals surface area contributed by atoms with E-state index in [9.17, 15) is 29.4 Å². The third-order valence-corrected chi connectivity index (χ3v) is 12.6. The zero-order valence-electron chi connectivity index (χ0n) is 32.7. The van der Waals surface area contributed by atoms with Gasteiger partial charge in [0.15, 0.2) is 6.10 Å². The number of aliphatic hydroxyl groups is 1. The number of carbonyl (C=O) groups excluding carboxylic acids is 3. The Bertz CT molecular complexity index is 1590. The summed E-state index contributed by atoms with van der Waals surface area (Å²) >= 11 is 1.20. The molecule has 4 aliphatic rings. The van der Waals surface area contributed by atoms with Crippen molar-refractivity contribution in [2.75, 3.05) is 20.1 Å². The molecule has 1 aliphatic carbocycles. The first-order valence-corrected chi connectivity index (χ1v) is 20.4. The predicted molar refractivity (Wildman–Crippen MR) is 203 cm³/mol. The maximum atomic E-state index is 13.8. The number of rotatable bonds is 19. The van der Waals surface area contributed by atoms with Gasteiger partial charge in [-0.2, -0.15) is 0 Å². The number of nitrogens with one attached hydrogen (secondary N) is 2. The zero-order chi connectivity index (χ0) is 39.3. The number of piperidine rings is 3. The molecule has 4 N–H and O–H groups in total. The average molecular weight is 770 g/mol. The van der Waals surface area contributed by atoms with Crippen LogP contribution < -0.4 is 10.6 Å². The van der Waals surface area contributed by atoms with Gasteiger partial charge >= 0.3 is 11.9 Å². The number of fused-ring (bicyclic) bond motifs is 3. The number of carboxylic acids is 1. The van der Waals surface area contributed by atoms with Gasteiger partial charge in [0.1, 0.15) is 22.8 Å². The van der Waals surface area contributed by atoms with Crippen LogP contribution in [-0.4, -0.2) is 109 Å². The van der Waals surface area contributed by atoms with Crippen molar-refractivity contribution in [2.24, 2.45) is 29.6 Å². The normalized spacial score (nSPS) is 23.6. The monoisotopic (exact) mass is 769 g/mol. The van der Waals surface area contributed by atoms with Gasteiger partial charge in [0.05, 0.1) is 18.0 Å². The number of likely N-dealkylation sites (N-methyl/N-ethyl adjacent to an activating group) is 1. The van der Waals surface area contributed by atoms with E-state index in [-0.39, 0.29) is 48.4 Å². The van der Waals surface area contributed by atoms with Crippen molar-refractivity contribution >= 4 is 35.1 Å². The Morgan fingerprint density at radius 3 is 2.26 bits per heavy atom. The van der Waals surface area contributed by atoms with Gasteiger partial charge in [0, 0.05) is 49.6 Å². The van der Waals surface area contributed by atoms with Crippen LogP contribution in [0.25, 0.3) is 0 Å². The number of aliphatic carboxylic acids is 1. The maximum absolute atomic E-state index is 13.8. The number of aryl methyl sites for hydroxylation is 1. The summed E-state index contributed by atoms with van der Waals surface area (Å²) in [5.74, 6) is -1.12. The fraction of sp³-hybridized carbons (Fsp3) is 0.718. The molecule has 1 saturated carbocycles. The van der Waals surface area contributed by atoms with Crippen molar-refractivity contribution in [2.45, 2.75) is 129 Å². The molecular weight excluding hydrogens is 711 g/mol. The molecule has 6 rings (SSSR count). The number of hydrogen-bond acceptors (Lipinski definition) is 12. The van der Waals surface area contributed by atoms with E-state index < -0.39 is 48.2 Å². The van der Waals surface area contributed by atoms with E-state index >= 15 is 0 Å². The standard InChI is InChI=1S/C39H59N7O7S/c1-21(2)30(45(7)38(50)34(24(5)27-8-9-27)44-36(49)31-15-26-10-12-46(31)13-11-26)17-32(53-25(6)47)37-43-29(20-54-37)35(48)42-28(14-23(4)39(51)52)16-33-40-18-22(3)19-41-33/h18-21,23-24,26-28,30-32,34,38,50H,8-17H2,1-7H3,(H,42,48)(H,44,49)(H,51,52)/t23-,24-,28+,30+,31+,32+,34-,38?/m0/s1. The Morgan fingerprint density at radius 2 is 1.70 bits per heavy atom. The van der Waals surface area contributed by atoms with Crippen molar-refractivity contribution in [3.63, 3.8) is 0 Å². The molecule has 54 heavy (non-hydrogen) atoms. The SMILES string of the molecule is CC(=O)O[C@H](C[C@H](C(C)C)N(C)C(O)[C@@H](NC(=O)[C@H]1CC2CCN1CC2)[C@@H](C)C1CC1)c1nc(C(=O)N[C@@H](Cc2ncc(C)cn2)C[C@H](C)C(=O)O)cs1. The van der Waals surface area contributed by atoms with Crippen molar-refractivity contribution in [1.82, 2.24) is 35.4 Å². The summed E-state index contributed by atoms with van der Waals surface area (Å²) in [6.45, 7) is 12.9. The molecule has 3 saturated heterocycles. The molecule has 15 heteroatoms. The molecule has 8 atom stereocenters. The summed E-state index contributed by atoms with van der Waals surface area (Å²) in [6, 6.07) is -1.51. The van der Waals surface area contributed by atoms with Crippen LogP contribution in [0, 0.1) is 36.5 Å². The molecule has 0 radical (unpaired) electrons. The third-order valence-electron chi connectivity index (χ3n) is 11.7. The Labute approximate surface area is 322 Å². The van der Waals surface area contributed by atoms with Crippen LogP contribution in [0.5, 0.6) is 0 Å².